The maximum Gasteiger partial charge on any atom is 0.0464 e. The summed E-state index contributed by atoms with van der Waals surface area (Å²) in [7, 11) is 0. The van der Waals surface area contributed by atoms with Crippen LogP contribution < -0.4 is 5.32 Å². The Morgan fingerprint density at radius 1 is 1.32 bits per heavy atom. The van der Waals surface area contributed by atoms with Crippen LogP contribution in [0.5, 0.6) is 0 Å². The van der Waals surface area contributed by atoms with Crippen LogP contribution in [0.3, 0.4) is 0 Å². The SMILES string of the molecule is CC(C)CNCc1c(Cl)cccc1SCC(C)CO. The Kier molecular flexibility index (Phi) is 7.84. The second kappa shape index (κ2) is 8.85. The summed E-state index contributed by atoms with van der Waals surface area (Å²) in [4.78, 5) is 1.21. The molecule has 0 saturated carbocycles. The Bertz CT molecular complexity index is 384. The number of hydrogen-bond acceptors (Lipinski definition) is 3. The predicted molar refractivity (Wildman–Crippen MR) is 85.0 cm³/mol. The maximum absolute atomic E-state index is 9.09. The summed E-state index contributed by atoms with van der Waals surface area (Å²) in [5.74, 6) is 1.85. The molecule has 1 unspecified atom stereocenters. The van der Waals surface area contributed by atoms with E-state index in [9.17, 15) is 0 Å². The van der Waals surface area contributed by atoms with Crippen LogP contribution in [0.2, 0.25) is 5.02 Å². The molecular formula is C15H24ClNOS. The first-order valence-electron chi connectivity index (χ1n) is 6.76. The van der Waals surface area contributed by atoms with Gasteiger partial charge in [-0.2, -0.15) is 0 Å². The van der Waals surface area contributed by atoms with E-state index in [2.05, 4.69) is 25.2 Å². The van der Waals surface area contributed by atoms with Gasteiger partial charge in [-0.15, -0.1) is 11.8 Å². The third-order valence-corrected chi connectivity index (χ3v) is 4.55. The molecular weight excluding hydrogens is 278 g/mol. The van der Waals surface area contributed by atoms with Gasteiger partial charge in [0, 0.05) is 28.8 Å². The Morgan fingerprint density at radius 3 is 2.68 bits per heavy atom. The molecule has 2 nitrogen and oxygen atoms in total. The fraction of sp³-hybridized carbons (Fsp3) is 0.600. The summed E-state index contributed by atoms with van der Waals surface area (Å²) in [6.45, 7) is 8.45. The van der Waals surface area contributed by atoms with E-state index in [1.165, 1.54) is 10.5 Å². The predicted octanol–water partition coefficient (Wildman–Crippen LogP) is 3.81. The molecule has 1 rings (SSSR count). The smallest absolute Gasteiger partial charge is 0.0464 e. The number of rotatable bonds is 8. The summed E-state index contributed by atoms with van der Waals surface area (Å²) >= 11 is 8.06. The summed E-state index contributed by atoms with van der Waals surface area (Å²) < 4.78 is 0. The van der Waals surface area contributed by atoms with Crippen molar-refractivity contribution in [1.82, 2.24) is 5.32 Å². The van der Waals surface area contributed by atoms with Crippen LogP contribution in [-0.2, 0) is 6.54 Å². The quantitative estimate of drug-likeness (QED) is 0.716. The molecule has 0 spiro atoms. The highest BCUT2D eigenvalue weighted by Crippen LogP contribution is 2.29. The van der Waals surface area contributed by atoms with Gasteiger partial charge in [-0.05, 0) is 36.1 Å². The van der Waals surface area contributed by atoms with E-state index >= 15 is 0 Å². The highest BCUT2D eigenvalue weighted by atomic mass is 35.5. The minimum atomic E-state index is 0.231. The maximum atomic E-state index is 9.09. The molecule has 0 heterocycles. The molecule has 108 valence electrons. The van der Waals surface area contributed by atoms with Crippen molar-refractivity contribution in [3.8, 4) is 0 Å². The molecule has 0 aliphatic carbocycles. The first-order valence-corrected chi connectivity index (χ1v) is 8.12. The monoisotopic (exact) mass is 301 g/mol. The van der Waals surface area contributed by atoms with Crippen LogP contribution in [0.4, 0.5) is 0 Å². The van der Waals surface area contributed by atoms with Crippen LogP contribution in [0, 0.1) is 11.8 Å². The molecule has 1 aromatic carbocycles. The summed E-state index contributed by atoms with van der Waals surface area (Å²) in [6, 6.07) is 6.03. The zero-order valence-corrected chi connectivity index (χ0v) is 13.5. The number of aliphatic hydroxyl groups excluding tert-OH is 1. The number of thioether (sulfide) groups is 1. The second-order valence-corrected chi connectivity index (χ2v) is 6.81. The largest absolute Gasteiger partial charge is 0.396 e. The summed E-state index contributed by atoms with van der Waals surface area (Å²) in [5.41, 5.74) is 1.17. The zero-order valence-electron chi connectivity index (χ0n) is 11.9. The van der Waals surface area contributed by atoms with Crippen LogP contribution in [0.25, 0.3) is 0 Å². The average Bonchev–Trinajstić information content (AvgIpc) is 2.38. The number of aliphatic hydroxyl groups is 1. The van der Waals surface area contributed by atoms with Gasteiger partial charge in [0.15, 0.2) is 0 Å². The number of halogens is 1. The van der Waals surface area contributed by atoms with Crippen molar-refractivity contribution in [2.75, 3.05) is 18.9 Å². The average molecular weight is 302 g/mol. The lowest BCUT2D eigenvalue weighted by Gasteiger charge is -2.14. The molecule has 0 bridgehead atoms. The molecule has 1 atom stereocenters. The van der Waals surface area contributed by atoms with E-state index in [0.29, 0.717) is 11.8 Å². The molecule has 1 aromatic rings. The molecule has 0 aliphatic heterocycles. The highest BCUT2D eigenvalue weighted by Gasteiger charge is 2.09. The van der Waals surface area contributed by atoms with Crippen molar-refractivity contribution < 1.29 is 5.11 Å². The Labute approximate surface area is 125 Å². The number of nitrogens with one attached hydrogen (secondary N) is 1. The molecule has 0 aromatic heterocycles. The minimum Gasteiger partial charge on any atom is -0.396 e. The fourth-order valence-corrected chi connectivity index (χ4v) is 3.01. The Balaban J connectivity index is 2.66. The minimum absolute atomic E-state index is 0.231. The topological polar surface area (TPSA) is 32.3 Å². The normalized spacial score (nSPS) is 12.9. The second-order valence-electron chi connectivity index (χ2n) is 5.34. The van der Waals surface area contributed by atoms with Gasteiger partial charge in [0.05, 0.1) is 0 Å². The van der Waals surface area contributed by atoms with E-state index in [1.807, 2.05) is 19.1 Å². The number of benzene rings is 1. The fourth-order valence-electron chi connectivity index (χ4n) is 1.62. The van der Waals surface area contributed by atoms with Crippen molar-refractivity contribution in [2.45, 2.75) is 32.2 Å². The van der Waals surface area contributed by atoms with Crippen molar-refractivity contribution >= 4 is 23.4 Å². The summed E-state index contributed by atoms with van der Waals surface area (Å²) in [6.07, 6.45) is 0. The van der Waals surface area contributed by atoms with Gasteiger partial charge in [-0.3, -0.25) is 0 Å². The third kappa shape index (κ3) is 6.17. The van der Waals surface area contributed by atoms with Crippen LogP contribution in [0.1, 0.15) is 26.3 Å². The third-order valence-electron chi connectivity index (χ3n) is 2.77. The van der Waals surface area contributed by atoms with E-state index in [4.69, 9.17) is 16.7 Å². The van der Waals surface area contributed by atoms with E-state index in [-0.39, 0.29) is 6.61 Å². The molecule has 19 heavy (non-hydrogen) atoms. The lowest BCUT2D eigenvalue weighted by Crippen LogP contribution is -2.19. The first kappa shape index (κ1) is 16.8. The van der Waals surface area contributed by atoms with Crippen molar-refractivity contribution in [1.29, 1.82) is 0 Å². The van der Waals surface area contributed by atoms with Crippen molar-refractivity contribution in [3.05, 3.63) is 28.8 Å². The van der Waals surface area contributed by atoms with Gasteiger partial charge < -0.3 is 10.4 Å². The first-order chi connectivity index (χ1) is 9.04. The molecule has 2 N–H and O–H groups in total. The molecule has 0 radical (unpaired) electrons. The molecule has 0 saturated heterocycles. The molecule has 4 heteroatoms. The zero-order chi connectivity index (χ0) is 14.3. The van der Waals surface area contributed by atoms with Gasteiger partial charge in [-0.1, -0.05) is 38.4 Å². The van der Waals surface area contributed by atoms with Crippen molar-refractivity contribution in [3.63, 3.8) is 0 Å². The van der Waals surface area contributed by atoms with E-state index in [0.717, 1.165) is 23.9 Å². The highest BCUT2D eigenvalue weighted by molar-refractivity contribution is 7.99. The molecule has 0 amide bonds. The molecule has 0 aliphatic rings. The summed E-state index contributed by atoms with van der Waals surface area (Å²) in [5, 5.41) is 13.3. The van der Waals surface area contributed by atoms with Crippen LogP contribution >= 0.6 is 23.4 Å². The van der Waals surface area contributed by atoms with Gasteiger partial charge >= 0.3 is 0 Å². The van der Waals surface area contributed by atoms with Gasteiger partial charge in [0.1, 0.15) is 0 Å². The van der Waals surface area contributed by atoms with Crippen LogP contribution in [-0.4, -0.2) is 24.0 Å². The lowest BCUT2D eigenvalue weighted by molar-refractivity contribution is 0.250. The molecule has 0 fully saturated rings. The van der Waals surface area contributed by atoms with E-state index < -0.39 is 0 Å². The van der Waals surface area contributed by atoms with Gasteiger partial charge in [0.25, 0.3) is 0 Å². The van der Waals surface area contributed by atoms with Gasteiger partial charge in [0.2, 0.25) is 0 Å². The number of hydrogen-bond donors (Lipinski definition) is 2. The Hall–Kier alpha value is -0.220. The van der Waals surface area contributed by atoms with Crippen molar-refractivity contribution in [2.24, 2.45) is 11.8 Å². The lowest BCUT2D eigenvalue weighted by atomic mass is 10.2. The van der Waals surface area contributed by atoms with Gasteiger partial charge in [-0.25, -0.2) is 0 Å². The Morgan fingerprint density at radius 2 is 2.05 bits per heavy atom. The van der Waals surface area contributed by atoms with Crippen LogP contribution in [0.15, 0.2) is 23.1 Å². The van der Waals surface area contributed by atoms with E-state index in [1.54, 1.807) is 11.8 Å². The standard InChI is InChI=1S/C15H24ClNOS/c1-11(2)7-17-8-13-14(16)5-4-6-15(13)19-10-12(3)9-18/h4-6,11-12,17-18H,7-10H2,1-3H3.